The first-order valence-corrected chi connectivity index (χ1v) is 11.8. The van der Waals surface area contributed by atoms with Crippen LogP contribution in [0.3, 0.4) is 0 Å². The Balaban J connectivity index is 2.00. The van der Waals surface area contributed by atoms with Crippen LogP contribution >= 0.6 is 0 Å². The van der Waals surface area contributed by atoms with Gasteiger partial charge in [0.05, 0.1) is 30.3 Å². The van der Waals surface area contributed by atoms with E-state index in [-0.39, 0.29) is 28.8 Å². The maximum absolute atomic E-state index is 13.8. The standard InChI is InChI=1S/C19H21F3N6O2S/c1-12-11-30-9-8-27(12)16-10-15(26-31(2,3)29)24-18(25-16)28-14-7-5-4-6-13(14)23-17(28)19(20,21)22/h4-7,10,12H,8-9,11H2,1-3H3/t12-/m1/s1. The molecule has 12 heteroatoms. The largest absolute Gasteiger partial charge is 0.450 e. The highest BCUT2D eigenvalue weighted by Crippen LogP contribution is 2.34. The Kier molecular flexibility index (Phi) is 5.38. The topological polar surface area (TPSA) is 85.5 Å². The molecule has 1 atom stereocenters. The molecular formula is C19H21F3N6O2S. The Labute approximate surface area is 177 Å². The number of morpholine rings is 1. The molecule has 0 spiro atoms. The number of benzene rings is 1. The lowest BCUT2D eigenvalue weighted by molar-refractivity contribution is -0.145. The Hall–Kier alpha value is -2.73. The Bertz CT molecular complexity index is 1240. The van der Waals surface area contributed by atoms with Crippen molar-refractivity contribution in [3.63, 3.8) is 0 Å². The van der Waals surface area contributed by atoms with Gasteiger partial charge in [-0.25, -0.2) is 9.19 Å². The summed E-state index contributed by atoms with van der Waals surface area (Å²) >= 11 is 0. The first kappa shape index (κ1) is 21.5. The van der Waals surface area contributed by atoms with Crippen molar-refractivity contribution in [1.82, 2.24) is 19.5 Å². The van der Waals surface area contributed by atoms with Gasteiger partial charge in [-0.2, -0.15) is 27.5 Å². The molecule has 0 N–H and O–H groups in total. The predicted molar refractivity (Wildman–Crippen MR) is 111 cm³/mol. The molecule has 166 valence electrons. The molecule has 0 amide bonds. The third-order valence-electron chi connectivity index (χ3n) is 4.68. The van der Waals surface area contributed by atoms with Gasteiger partial charge in [0.25, 0.3) is 0 Å². The van der Waals surface area contributed by atoms with Crippen molar-refractivity contribution in [3.8, 4) is 5.95 Å². The molecule has 0 bridgehead atoms. The maximum Gasteiger partial charge on any atom is 0.450 e. The summed E-state index contributed by atoms with van der Waals surface area (Å²) in [6, 6.07) is 7.71. The Morgan fingerprint density at radius 1 is 1.19 bits per heavy atom. The molecule has 1 saturated heterocycles. The van der Waals surface area contributed by atoms with Gasteiger partial charge in [0.1, 0.15) is 5.82 Å². The predicted octanol–water partition coefficient (Wildman–Crippen LogP) is 3.42. The lowest BCUT2D eigenvalue weighted by atomic mass is 10.2. The van der Waals surface area contributed by atoms with E-state index in [1.54, 1.807) is 12.1 Å². The molecule has 1 aliphatic rings. The molecule has 31 heavy (non-hydrogen) atoms. The van der Waals surface area contributed by atoms with E-state index < -0.39 is 21.7 Å². The smallest absolute Gasteiger partial charge is 0.377 e. The summed E-state index contributed by atoms with van der Waals surface area (Å²) in [5.74, 6) is -0.950. The average Bonchev–Trinajstić information content (AvgIpc) is 3.07. The van der Waals surface area contributed by atoms with Crippen LogP contribution in [0.25, 0.3) is 17.0 Å². The quantitative estimate of drug-likeness (QED) is 0.603. The van der Waals surface area contributed by atoms with Crippen molar-refractivity contribution in [3.05, 3.63) is 36.2 Å². The minimum atomic E-state index is -4.73. The van der Waals surface area contributed by atoms with Crippen molar-refractivity contribution >= 4 is 32.4 Å². The van der Waals surface area contributed by atoms with Crippen LogP contribution in [0.4, 0.5) is 24.8 Å². The van der Waals surface area contributed by atoms with E-state index in [2.05, 4.69) is 19.3 Å². The number of nitrogens with zero attached hydrogens (tertiary/aromatic N) is 6. The van der Waals surface area contributed by atoms with Crippen molar-refractivity contribution in [1.29, 1.82) is 0 Å². The number of halogens is 3. The number of fused-ring (bicyclic) bond motifs is 1. The van der Waals surface area contributed by atoms with Crippen LogP contribution in [0, 0.1) is 0 Å². The summed E-state index contributed by atoms with van der Waals surface area (Å²) in [7, 11) is -2.61. The molecule has 0 radical (unpaired) electrons. The maximum atomic E-state index is 13.8. The van der Waals surface area contributed by atoms with Gasteiger partial charge in [0.2, 0.25) is 11.8 Å². The SMILES string of the molecule is C[C@@H]1COCCN1c1cc(N=S(C)(C)=O)nc(-n2c(C(F)(F)F)nc3ccccc32)n1. The van der Waals surface area contributed by atoms with E-state index in [0.717, 1.165) is 4.57 Å². The normalized spacial score (nSPS) is 17.9. The summed E-state index contributed by atoms with van der Waals surface area (Å²) in [6.45, 7) is 3.33. The molecule has 4 rings (SSSR count). The average molecular weight is 454 g/mol. The van der Waals surface area contributed by atoms with Crippen LogP contribution in [0.1, 0.15) is 12.7 Å². The molecule has 0 saturated carbocycles. The summed E-state index contributed by atoms with van der Waals surface area (Å²) in [5, 5.41) is 0. The van der Waals surface area contributed by atoms with Gasteiger partial charge in [0, 0.05) is 34.9 Å². The molecule has 0 unspecified atom stereocenters. The zero-order valence-corrected chi connectivity index (χ0v) is 17.9. The highest BCUT2D eigenvalue weighted by molar-refractivity contribution is 7.92. The number of ether oxygens (including phenoxy) is 1. The number of hydrogen-bond acceptors (Lipinski definition) is 7. The molecule has 1 aromatic carbocycles. The molecule has 3 aromatic rings. The number of anilines is 1. The number of hydrogen-bond donors (Lipinski definition) is 0. The van der Waals surface area contributed by atoms with Crippen LogP contribution in [0.5, 0.6) is 0 Å². The minimum absolute atomic E-state index is 0.0413. The number of rotatable bonds is 3. The number of para-hydroxylation sites is 2. The number of aromatic nitrogens is 4. The van der Waals surface area contributed by atoms with Crippen LogP contribution in [-0.2, 0) is 20.6 Å². The van der Waals surface area contributed by atoms with Gasteiger partial charge in [-0.15, -0.1) is 0 Å². The number of alkyl halides is 3. The summed E-state index contributed by atoms with van der Waals surface area (Å²) in [4.78, 5) is 14.3. The van der Waals surface area contributed by atoms with E-state index in [0.29, 0.717) is 25.6 Å². The first-order valence-electron chi connectivity index (χ1n) is 9.48. The third kappa shape index (κ3) is 4.49. The van der Waals surface area contributed by atoms with Crippen LogP contribution < -0.4 is 4.90 Å². The lowest BCUT2D eigenvalue weighted by Gasteiger charge is -2.34. The molecule has 3 heterocycles. The Morgan fingerprint density at radius 2 is 1.94 bits per heavy atom. The molecule has 2 aromatic heterocycles. The summed E-state index contributed by atoms with van der Waals surface area (Å²) < 4.78 is 64.2. The summed E-state index contributed by atoms with van der Waals surface area (Å²) in [5.41, 5.74) is 0.374. The zero-order valence-electron chi connectivity index (χ0n) is 17.1. The van der Waals surface area contributed by atoms with Gasteiger partial charge in [-0.1, -0.05) is 12.1 Å². The molecule has 0 aliphatic carbocycles. The minimum Gasteiger partial charge on any atom is -0.377 e. The molecule has 1 aliphatic heterocycles. The van der Waals surface area contributed by atoms with Gasteiger partial charge in [-0.3, -0.25) is 4.57 Å². The second kappa shape index (κ2) is 7.75. The van der Waals surface area contributed by atoms with Gasteiger partial charge >= 0.3 is 6.18 Å². The fourth-order valence-corrected chi connectivity index (χ4v) is 3.96. The summed E-state index contributed by atoms with van der Waals surface area (Å²) in [6.07, 6.45) is -1.87. The van der Waals surface area contributed by atoms with Crippen LogP contribution in [0.15, 0.2) is 34.7 Å². The van der Waals surface area contributed by atoms with Crippen LogP contribution in [-0.4, -0.2) is 62.0 Å². The molecular weight excluding hydrogens is 433 g/mol. The van der Waals surface area contributed by atoms with Crippen molar-refractivity contribution in [2.45, 2.75) is 19.1 Å². The molecule has 8 nitrogen and oxygen atoms in total. The fraction of sp³-hybridized carbons (Fsp3) is 0.421. The highest BCUT2D eigenvalue weighted by atomic mass is 32.2. The van der Waals surface area contributed by atoms with Crippen molar-refractivity contribution in [2.75, 3.05) is 37.2 Å². The van der Waals surface area contributed by atoms with E-state index >= 15 is 0 Å². The van der Waals surface area contributed by atoms with Gasteiger partial charge < -0.3 is 9.64 Å². The third-order valence-corrected chi connectivity index (χ3v) is 5.30. The van der Waals surface area contributed by atoms with Crippen molar-refractivity contribution in [2.24, 2.45) is 4.36 Å². The second-order valence-electron chi connectivity index (χ2n) is 7.53. The van der Waals surface area contributed by atoms with E-state index in [1.165, 1.54) is 30.7 Å². The monoisotopic (exact) mass is 454 g/mol. The highest BCUT2D eigenvalue weighted by Gasteiger charge is 2.39. The van der Waals surface area contributed by atoms with E-state index in [1.807, 2.05) is 11.8 Å². The van der Waals surface area contributed by atoms with E-state index in [4.69, 9.17) is 4.74 Å². The first-order chi connectivity index (χ1) is 14.5. The zero-order chi connectivity index (χ0) is 22.4. The number of imidazole rings is 1. The lowest BCUT2D eigenvalue weighted by Crippen LogP contribution is -2.44. The van der Waals surface area contributed by atoms with Crippen molar-refractivity contribution < 1.29 is 22.1 Å². The fourth-order valence-electron chi connectivity index (χ4n) is 3.42. The van der Waals surface area contributed by atoms with E-state index in [9.17, 15) is 17.4 Å². The van der Waals surface area contributed by atoms with Gasteiger partial charge in [-0.05, 0) is 19.1 Å². The van der Waals surface area contributed by atoms with Gasteiger partial charge in [0.15, 0.2) is 5.82 Å². The van der Waals surface area contributed by atoms with Crippen LogP contribution in [0.2, 0.25) is 0 Å². The Morgan fingerprint density at radius 3 is 2.61 bits per heavy atom. The molecule has 1 fully saturated rings. The second-order valence-corrected chi connectivity index (χ2v) is 10.1.